The number of benzene rings is 2. The van der Waals surface area contributed by atoms with E-state index < -0.39 is 0 Å². The third kappa shape index (κ3) is 4.34. The maximum absolute atomic E-state index is 12.6. The molecule has 0 fully saturated rings. The van der Waals surface area contributed by atoms with Crippen molar-refractivity contribution in [2.45, 2.75) is 13.5 Å². The molecule has 2 heterocycles. The summed E-state index contributed by atoms with van der Waals surface area (Å²) in [5.41, 5.74) is 3.99. The molecule has 2 N–H and O–H groups in total. The van der Waals surface area contributed by atoms with E-state index in [0.717, 1.165) is 16.7 Å². The Labute approximate surface area is 177 Å². The molecule has 4 aromatic rings. The van der Waals surface area contributed by atoms with E-state index in [9.17, 15) is 4.79 Å². The molecular formula is C21H17Cl2N5O. The Hall–Kier alpha value is -3.09. The molecule has 0 aliphatic rings. The van der Waals surface area contributed by atoms with Gasteiger partial charge in [-0.15, -0.1) is 0 Å². The molecule has 29 heavy (non-hydrogen) atoms. The number of aromatic nitrogens is 4. The van der Waals surface area contributed by atoms with Gasteiger partial charge in [0.1, 0.15) is 10.7 Å². The fourth-order valence-electron chi connectivity index (χ4n) is 2.85. The smallest absolute Gasteiger partial charge is 0.274 e. The van der Waals surface area contributed by atoms with E-state index in [1.807, 2.05) is 55.5 Å². The molecule has 6 nitrogen and oxygen atoms in total. The van der Waals surface area contributed by atoms with Gasteiger partial charge in [0.15, 0.2) is 5.82 Å². The monoisotopic (exact) mass is 425 g/mol. The third-order valence-corrected chi connectivity index (χ3v) is 5.05. The van der Waals surface area contributed by atoms with Crippen molar-refractivity contribution >= 4 is 34.9 Å². The minimum atomic E-state index is -0.374. The van der Waals surface area contributed by atoms with Gasteiger partial charge in [0.25, 0.3) is 5.91 Å². The van der Waals surface area contributed by atoms with Gasteiger partial charge in [0.05, 0.1) is 12.2 Å². The van der Waals surface area contributed by atoms with Gasteiger partial charge in [-0.1, -0.05) is 71.2 Å². The van der Waals surface area contributed by atoms with Crippen molar-refractivity contribution < 1.29 is 4.79 Å². The van der Waals surface area contributed by atoms with Crippen molar-refractivity contribution in [3.8, 4) is 11.3 Å². The van der Waals surface area contributed by atoms with Crippen LogP contribution in [0.3, 0.4) is 0 Å². The van der Waals surface area contributed by atoms with Crippen LogP contribution in [0.4, 0.5) is 5.82 Å². The van der Waals surface area contributed by atoms with E-state index in [1.54, 1.807) is 16.9 Å². The quantitative estimate of drug-likeness (QED) is 0.461. The van der Waals surface area contributed by atoms with Crippen LogP contribution in [-0.4, -0.2) is 25.9 Å². The largest absolute Gasteiger partial charge is 0.302 e. The summed E-state index contributed by atoms with van der Waals surface area (Å²) in [7, 11) is 0. The van der Waals surface area contributed by atoms with Gasteiger partial charge < -0.3 is 5.32 Å². The molecule has 0 spiro atoms. The summed E-state index contributed by atoms with van der Waals surface area (Å²) in [5.74, 6) is -0.101. The molecule has 0 bridgehead atoms. The van der Waals surface area contributed by atoms with Crippen molar-refractivity contribution in [3.05, 3.63) is 87.7 Å². The van der Waals surface area contributed by atoms with Gasteiger partial charge in [0, 0.05) is 16.8 Å². The number of hydrogen-bond acceptors (Lipinski definition) is 3. The number of amides is 1. The van der Waals surface area contributed by atoms with E-state index in [2.05, 4.69) is 20.6 Å². The lowest BCUT2D eigenvalue weighted by Crippen LogP contribution is -2.13. The molecule has 0 unspecified atom stereocenters. The van der Waals surface area contributed by atoms with E-state index in [1.165, 1.54) is 0 Å². The molecule has 1 amide bonds. The molecular weight excluding hydrogens is 409 g/mol. The predicted molar refractivity (Wildman–Crippen MR) is 115 cm³/mol. The van der Waals surface area contributed by atoms with Crippen LogP contribution in [0.2, 0.25) is 10.0 Å². The number of halogens is 2. The average molecular weight is 426 g/mol. The SMILES string of the molecule is Cc1ccc(-c2cc(C(=O)Nc3nn(Cc4ccccc4Cl)cc3Cl)[nH]n2)cc1. The summed E-state index contributed by atoms with van der Waals surface area (Å²) < 4.78 is 1.63. The molecule has 8 heteroatoms. The molecule has 2 aromatic carbocycles. The number of H-pyrrole nitrogens is 1. The van der Waals surface area contributed by atoms with Crippen LogP contribution in [0.15, 0.2) is 60.8 Å². The second-order valence-corrected chi connectivity index (χ2v) is 7.42. The van der Waals surface area contributed by atoms with Crippen LogP contribution < -0.4 is 5.32 Å². The van der Waals surface area contributed by atoms with Gasteiger partial charge in [-0.2, -0.15) is 10.2 Å². The lowest BCUT2D eigenvalue weighted by atomic mass is 10.1. The molecule has 0 aliphatic carbocycles. The summed E-state index contributed by atoms with van der Waals surface area (Å²) in [5, 5.41) is 15.0. The van der Waals surface area contributed by atoms with Crippen LogP contribution in [0.1, 0.15) is 21.6 Å². The molecule has 0 saturated carbocycles. The summed E-state index contributed by atoms with van der Waals surface area (Å²) in [4.78, 5) is 12.6. The van der Waals surface area contributed by atoms with Crippen molar-refractivity contribution in [1.82, 2.24) is 20.0 Å². The van der Waals surface area contributed by atoms with Gasteiger partial charge in [0.2, 0.25) is 0 Å². The van der Waals surface area contributed by atoms with E-state index in [0.29, 0.717) is 28.0 Å². The number of aryl methyl sites for hydroxylation is 1. The molecule has 0 radical (unpaired) electrons. The summed E-state index contributed by atoms with van der Waals surface area (Å²) in [6.45, 7) is 2.46. The lowest BCUT2D eigenvalue weighted by Gasteiger charge is -2.04. The Kier molecular flexibility index (Phi) is 5.38. The van der Waals surface area contributed by atoms with Crippen LogP contribution in [-0.2, 0) is 6.54 Å². The third-order valence-electron chi connectivity index (χ3n) is 4.41. The van der Waals surface area contributed by atoms with Gasteiger partial charge >= 0.3 is 0 Å². The molecule has 0 atom stereocenters. The maximum Gasteiger partial charge on any atom is 0.274 e. The van der Waals surface area contributed by atoms with Crippen molar-refractivity contribution in [3.63, 3.8) is 0 Å². The zero-order chi connectivity index (χ0) is 20.4. The zero-order valence-corrected chi connectivity index (χ0v) is 17.0. The minimum Gasteiger partial charge on any atom is -0.302 e. The van der Waals surface area contributed by atoms with Crippen LogP contribution in [0.5, 0.6) is 0 Å². The highest BCUT2D eigenvalue weighted by molar-refractivity contribution is 6.33. The number of carbonyl (C=O) groups is 1. The highest BCUT2D eigenvalue weighted by Crippen LogP contribution is 2.23. The first-order chi connectivity index (χ1) is 14.0. The number of aromatic amines is 1. The number of hydrogen-bond donors (Lipinski definition) is 2. The topological polar surface area (TPSA) is 75.6 Å². The highest BCUT2D eigenvalue weighted by atomic mass is 35.5. The molecule has 146 valence electrons. The Morgan fingerprint density at radius 2 is 1.86 bits per heavy atom. The second kappa shape index (κ2) is 8.11. The number of rotatable bonds is 5. The number of nitrogens with zero attached hydrogens (tertiary/aromatic N) is 3. The van der Waals surface area contributed by atoms with Crippen LogP contribution in [0.25, 0.3) is 11.3 Å². The Balaban J connectivity index is 1.48. The Morgan fingerprint density at radius 1 is 1.10 bits per heavy atom. The van der Waals surface area contributed by atoms with Crippen molar-refractivity contribution in [2.24, 2.45) is 0 Å². The molecule has 0 aliphatic heterocycles. The van der Waals surface area contributed by atoms with Gasteiger partial charge in [-0.05, 0) is 24.6 Å². The number of nitrogens with one attached hydrogen (secondary N) is 2. The van der Waals surface area contributed by atoms with Crippen LogP contribution >= 0.6 is 23.2 Å². The first-order valence-electron chi connectivity index (χ1n) is 8.90. The van der Waals surface area contributed by atoms with E-state index in [-0.39, 0.29) is 11.7 Å². The average Bonchev–Trinajstić information content (AvgIpc) is 3.32. The standard InChI is InChI=1S/C21H17Cl2N5O/c1-13-6-8-14(9-7-13)18-10-19(26-25-18)21(29)24-20-17(23)12-28(27-20)11-15-4-2-3-5-16(15)22/h2-10,12H,11H2,1H3,(H,25,26)(H,24,27,29). The van der Waals surface area contributed by atoms with E-state index >= 15 is 0 Å². The number of anilines is 1. The summed E-state index contributed by atoms with van der Waals surface area (Å²) in [6, 6.07) is 17.1. The predicted octanol–water partition coefficient (Wildman–Crippen LogP) is 5.19. The summed E-state index contributed by atoms with van der Waals surface area (Å²) >= 11 is 12.4. The maximum atomic E-state index is 12.6. The Morgan fingerprint density at radius 3 is 2.62 bits per heavy atom. The molecule has 4 rings (SSSR count). The van der Waals surface area contributed by atoms with Gasteiger partial charge in [-0.3, -0.25) is 14.6 Å². The first kappa shape index (κ1) is 19.2. The normalized spacial score (nSPS) is 10.9. The fraction of sp³-hybridized carbons (Fsp3) is 0.0952. The van der Waals surface area contributed by atoms with Gasteiger partial charge in [-0.25, -0.2) is 0 Å². The van der Waals surface area contributed by atoms with E-state index in [4.69, 9.17) is 23.2 Å². The summed E-state index contributed by atoms with van der Waals surface area (Å²) in [6.07, 6.45) is 1.64. The van der Waals surface area contributed by atoms with Crippen molar-refractivity contribution in [2.75, 3.05) is 5.32 Å². The lowest BCUT2D eigenvalue weighted by molar-refractivity contribution is 0.102. The second-order valence-electron chi connectivity index (χ2n) is 6.60. The zero-order valence-electron chi connectivity index (χ0n) is 15.5. The van der Waals surface area contributed by atoms with Crippen LogP contribution in [0, 0.1) is 6.92 Å². The Bertz CT molecular complexity index is 1160. The molecule has 2 aromatic heterocycles. The minimum absolute atomic E-state index is 0.273. The fourth-order valence-corrected chi connectivity index (χ4v) is 3.24. The molecule has 0 saturated heterocycles. The van der Waals surface area contributed by atoms with Crippen molar-refractivity contribution in [1.29, 1.82) is 0 Å². The number of carbonyl (C=O) groups excluding carboxylic acids is 1. The highest BCUT2D eigenvalue weighted by Gasteiger charge is 2.15. The first-order valence-corrected chi connectivity index (χ1v) is 9.65.